The molecule has 11 heteroatoms. The van der Waals surface area contributed by atoms with Gasteiger partial charge in [0.25, 0.3) is 11.8 Å². The number of nitrogens with one attached hydrogen (secondary N) is 3. The number of amides is 3. The van der Waals surface area contributed by atoms with Crippen molar-refractivity contribution in [2.45, 2.75) is 49.7 Å². The zero-order valence-electron chi connectivity index (χ0n) is 24.9. The molecule has 0 fully saturated rings. The highest BCUT2D eigenvalue weighted by atomic mass is 32.2. The third-order valence-electron chi connectivity index (χ3n) is 7.23. The lowest BCUT2D eigenvalue weighted by Crippen LogP contribution is -2.45. The maximum absolute atomic E-state index is 14.2. The highest BCUT2D eigenvalue weighted by molar-refractivity contribution is 8.00. The smallest absolute Gasteiger partial charge is 0.256 e. The first-order valence-electron chi connectivity index (χ1n) is 14.7. The Bertz CT molecular complexity index is 1450. The standard InChI is InChI=1S/C33H39FN4O5S/c1-3-36-31(42)28-7-5-4-6-27(28)23-10-8-22(9-11-23)18-38-19-24-12-13-25(34)15-29(24)44-32(33(38)43)37-30(41)14-21(2)16-35-17-26(40)20-39/h4-13,15,21,26,32,35,39-40H,3,14,16-20H2,1-2H3,(H,36,42)(H,37,41)/t21?,26-,32+/m0/s1. The predicted molar refractivity (Wildman–Crippen MR) is 168 cm³/mol. The average Bonchev–Trinajstić information content (AvgIpc) is 3.13. The van der Waals surface area contributed by atoms with Crippen LogP contribution in [-0.2, 0) is 22.7 Å². The molecular weight excluding hydrogens is 583 g/mol. The Balaban J connectivity index is 1.48. The van der Waals surface area contributed by atoms with E-state index in [-0.39, 0.29) is 56.3 Å². The minimum atomic E-state index is -0.940. The Hall–Kier alpha value is -3.77. The third kappa shape index (κ3) is 8.88. The summed E-state index contributed by atoms with van der Waals surface area (Å²) in [5, 5.41) is 26.2. The summed E-state index contributed by atoms with van der Waals surface area (Å²) in [6, 6.07) is 19.5. The van der Waals surface area contributed by atoms with E-state index < -0.39 is 17.3 Å². The van der Waals surface area contributed by atoms with Crippen LogP contribution in [0.1, 0.15) is 41.8 Å². The van der Waals surface area contributed by atoms with Crippen molar-refractivity contribution in [3.8, 4) is 11.1 Å². The van der Waals surface area contributed by atoms with Gasteiger partial charge < -0.3 is 31.1 Å². The molecule has 3 amide bonds. The number of carbonyl (C=O) groups excluding carboxylic acids is 3. The van der Waals surface area contributed by atoms with Crippen LogP contribution in [-0.4, -0.2) is 70.6 Å². The molecule has 5 N–H and O–H groups in total. The van der Waals surface area contributed by atoms with Gasteiger partial charge in [0.1, 0.15) is 5.82 Å². The molecule has 1 aliphatic rings. The molecule has 1 unspecified atom stereocenters. The van der Waals surface area contributed by atoms with Gasteiger partial charge in [-0.2, -0.15) is 0 Å². The maximum Gasteiger partial charge on any atom is 0.256 e. The van der Waals surface area contributed by atoms with Crippen LogP contribution in [0.3, 0.4) is 0 Å². The van der Waals surface area contributed by atoms with Crippen molar-refractivity contribution < 1.29 is 29.0 Å². The first kappa shape index (κ1) is 33.1. The van der Waals surface area contributed by atoms with Crippen molar-refractivity contribution in [2.75, 3.05) is 26.2 Å². The van der Waals surface area contributed by atoms with Gasteiger partial charge in [0, 0.05) is 43.1 Å². The minimum absolute atomic E-state index is 0.0932. The molecule has 9 nitrogen and oxygen atoms in total. The number of benzene rings is 3. The average molecular weight is 623 g/mol. The van der Waals surface area contributed by atoms with Crippen LogP contribution in [0.25, 0.3) is 11.1 Å². The van der Waals surface area contributed by atoms with Gasteiger partial charge in [-0.15, -0.1) is 0 Å². The van der Waals surface area contributed by atoms with Crippen molar-refractivity contribution in [3.05, 3.63) is 89.2 Å². The highest BCUT2D eigenvalue weighted by Gasteiger charge is 2.32. The van der Waals surface area contributed by atoms with Gasteiger partial charge in [-0.3, -0.25) is 14.4 Å². The fourth-order valence-corrected chi connectivity index (χ4v) is 6.13. The molecule has 234 valence electrons. The summed E-state index contributed by atoms with van der Waals surface area (Å²) in [6.45, 7) is 5.09. The molecule has 0 bridgehead atoms. The summed E-state index contributed by atoms with van der Waals surface area (Å²) in [5.74, 6) is -1.26. The molecular formula is C33H39FN4O5S. The van der Waals surface area contributed by atoms with Crippen LogP contribution in [0.15, 0.2) is 71.6 Å². The summed E-state index contributed by atoms with van der Waals surface area (Å²) < 4.78 is 14.2. The maximum atomic E-state index is 14.2. The summed E-state index contributed by atoms with van der Waals surface area (Å²) >= 11 is 1.13. The van der Waals surface area contributed by atoms with Crippen LogP contribution in [0.5, 0.6) is 0 Å². The molecule has 3 aromatic carbocycles. The van der Waals surface area contributed by atoms with Crippen molar-refractivity contribution >= 4 is 29.5 Å². The summed E-state index contributed by atoms with van der Waals surface area (Å²) in [7, 11) is 0. The molecule has 0 saturated carbocycles. The van der Waals surface area contributed by atoms with E-state index in [9.17, 15) is 23.9 Å². The lowest BCUT2D eigenvalue weighted by Gasteiger charge is -2.25. The molecule has 0 aliphatic carbocycles. The van der Waals surface area contributed by atoms with E-state index in [1.165, 1.54) is 12.1 Å². The molecule has 3 atom stereocenters. The first-order chi connectivity index (χ1) is 21.2. The van der Waals surface area contributed by atoms with Gasteiger partial charge in [0.15, 0.2) is 5.37 Å². The lowest BCUT2D eigenvalue weighted by atomic mass is 9.98. The lowest BCUT2D eigenvalue weighted by molar-refractivity contribution is -0.135. The monoisotopic (exact) mass is 622 g/mol. The second kappa shape index (κ2) is 15.8. The number of fused-ring (bicyclic) bond motifs is 1. The molecule has 1 heterocycles. The number of aliphatic hydroxyl groups is 2. The Morgan fingerprint density at radius 2 is 1.84 bits per heavy atom. The third-order valence-corrected chi connectivity index (χ3v) is 8.42. The Labute approximate surface area is 261 Å². The number of thioether (sulfide) groups is 1. The van der Waals surface area contributed by atoms with Crippen LogP contribution < -0.4 is 16.0 Å². The second-order valence-electron chi connectivity index (χ2n) is 10.9. The predicted octanol–water partition coefficient (Wildman–Crippen LogP) is 3.29. The van der Waals surface area contributed by atoms with Gasteiger partial charge in [0.2, 0.25) is 5.91 Å². The number of halogens is 1. The molecule has 0 spiro atoms. The molecule has 0 radical (unpaired) electrons. The van der Waals surface area contributed by atoms with Crippen molar-refractivity contribution in [2.24, 2.45) is 5.92 Å². The molecule has 0 aromatic heterocycles. The van der Waals surface area contributed by atoms with Gasteiger partial charge in [-0.05, 0) is 59.8 Å². The number of carbonyl (C=O) groups is 3. The van der Waals surface area contributed by atoms with Crippen LogP contribution >= 0.6 is 11.8 Å². The fraction of sp³-hybridized carbons (Fsp3) is 0.364. The number of hydrogen-bond donors (Lipinski definition) is 5. The van der Waals surface area contributed by atoms with Crippen molar-refractivity contribution in [1.29, 1.82) is 0 Å². The number of hydrogen-bond acceptors (Lipinski definition) is 7. The van der Waals surface area contributed by atoms with Gasteiger partial charge in [0.05, 0.1) is 12.7 Å². The normalized spacial score (nSPS) is 16.1. The molecule has 0 saturated heterocycles. The number of rotatable bonds is 13. The molecule has 1 aliphatic heterocycles. The Morgan fingerprint density at radius 3 is 2.57 bits per heavy atom. The van der Waals surface area contributed by atoms with Gasteiger partial charge in [-0.1, -0.05) is 67.2 Å². The van der Waals surface area contributed by atoms with Crippen LogP contribution in [0.2, 0.25) is 0 Å². The van der Waals surface area contributed by atoms with Gasteiger partial charge >= 0.3 is 0 Å². The summed E-state index contributed by atoms with van der Waals surface area (Å²) in [6.07, 6.45) is -0.733. The van der Waals surface area contributed by atoms with E-state index in [0.29, 0.717) is 23.5 Å². The van der Waals surface area contributed by atoms with E-state index in [2.05, 4.69) is 16.0 Å². The Kier molecular flexibility index (Phi) is 11.9. The van der Waals surface area contributed by atoms with E-state index in [1.807, 2.05) is 56.3 Å². The zero-order valence-corrected chi connectivity index (χ0v) is 25.7. The number of nitrogens with zero attached hydrogens (tertiary/aromatic N) is 1. The summed E-state index contributed by atoms with van der Waals surface area (Å²) in [5.41, 5.74) is 3.91. The Morgan fingerprint density at radius 1 is 1.09 bits per heavy atom. The molecule has 4 rings (SSSR count). The topological polar surface area (TPSA) is 131 Å². The highest BCUT2D eigenvalue weighted by Crippen LogP contribution is 2.33. The van der Waals surface area contributed by atoms with Gasteiger partial charge in [-0.25, -0.2) is 4.39 Å². The quantitative estimate of drug-likeness (QED) is 0.198. The zero-order chi connectivity index (χ0) is 31.6. The second-order valence-corrected chi connectivity index (χ2v) is 12.1. The molecule has 3 aromatic rings. The van der Waals surface area contributed by atoms with Crippen molar-refractivity contribution in [1.82, 2.24) is 20.9 Å². The fourth-order valence-electron chi connectivity index (χ4n) is 4.97. The molecule has 44 heavy (non-hydrogen) atoms. The van der Waals surface area contributed by atoms with E-state index in [4.69, 9.17) is 5.11 Å². The van der Waals surface area contributed by atoms with Crippen LogP contribution in [0.4, 0.5) is 4.39 Å². The van der Waals surface area contributed by atoms with E-state index in [1.54, 1.807) is 17.0 Å². The van der Waals surface area contributed by atoms with E-state index >= 15 is 0 Å². The largest absolute Gasteiger partial charge is 0.394 e. The minimum Gasteiger partial charge on any atom is -0.394 e. The first-order valence-corrected chi connectivity index (χ1v) is 15.6. The summed E-state index contributed by atoms with van der Waals surface area (Å²) in [4.78, 5) is 41.5. The van der Waals surface area contributed by atoms with Crippen LogP contribution in [0, 0.1) is 11.7 Å². The van der Waals surface area contributed by atoms with Crippen molar-refractivity contribution in [3.63, 3.8) is 0 Å². The van der Waals surface area contributed by atoms with E-state index in [0.717, 1.165) is 34.0 Å². The number of aliphatic hydroxyl groups excluding tert-OH is 2. The SMILES string of the molecule is CCNC(=O)c1ccccc1-c1ccc(CN2Cc3ccc(F)cc3S[C@@H](NC(=O)CC(C)CNC[C@H](O)CO)C2=O)cc1.